The summed E-state index contributed by atoms with van der Waals surface area (Å²) in [6.07, 6.45) is 1.25. The van der Waals surface area contributed by atoms with Gasteiger partial charge in [-0.15, -0.1) is 0 Å². The van der Waals surface area contributed by atoms with E-state index in [-0.39, 0.29) is 0 Å². The van der Waals surface area contributed by atoms with Crippen molar-refractivity contribution in [3.63, 3.8) is 0 Å². The van der Waals surface area contributed by atoms with Gasteiger partial charge in [0.2, 0.25) is 0 Å². The first-order valence-electron chi connectivity index (χ1n) is 3.17. The quantitative estimate of drug-likeness (QED) is 0.411. The summed E-state index contributed by atoms with van der Waals surface area (Å²) in [4.78, 5) is 0. The van der Waals surface area contributed by atoms with E-state index in [0.29, 0.717) is 11.3 Å². The van der Waals surface area contributed by atoms with E-state index < -0.39 is 11.3 Å². The Morgan fingerprint density at radius 1 is 1.42 bits per heavy atom. The van der Waals surface area contributed by atoms with Gasteiger partial charge in [-0.2, -0.15) is 0 Å². The van der Waals surface area contributed by atoms with Crippen LogP contribution >= 0.6 is 0 Å². The monoisotopic (exact) mass is 183 g/mol. The molecule has 1 atom stereocenters. The molecule has 0 amide bonds. The average molecular weight is 183 g/mol. The molecule has 0 heterocycles. The van der Waals surface area contributed by atoms with Gasteiger partial charge in [-0.25, -0.2) is 4.40 Å². The standard InChI is InChI=1S/C7H8N2O2S/c8-7-3-1-6(2-4-7)5-9-12(10)11/h1-5H,8H2,(H,10,11)/p-1. The van der Waals surface area contributed by atoms with Crippen LogP contribution < -0.4 is 5.73 Å². The number of anilines is 1. The highest BCUT2D eigenvalue weighted by Crippen LogP contribution is 2.02. The largest absolute Gasteiger partial charge is 0.754 e. The van der Waals surface area contributed by atoms with E-state index >= 15 is 0 Å². The predicted octanol–water partition coefficient (Wildman–Crippen LogP) is 0.482. The van der Waals surface area contributed by atoms with Crippen LogP contribution in [-0.4, -0.2) is 15.0 Å². The van der Waals surface area contributed by atoms with Crippen molar-refractivity contribution < 1.29 is 8.76 Å². The first kappa shape index (κ1) is 8.89. The molecule has 0 fully saturated rings. The normalized spacial score (nSPS) is 13.4. The van der Waals surface area contributed by atoms with Crippen LogP contribution in [0.15, 0.2) is 28.7 Å². The summed E-state index contributed by atoms with van der Waals surface area (Å²) in [5, 5.41) is 0. The molecule has 0 radical (unpaired) electrons. The van der Waals surface area contributed by atoms with Crippen molar-refractivity contribution in [2.75, 3.05) is 5.73 Å². The zero-order valence-electron chi connectivity index (χ0n) is 6.14. The van der Waals surface area contributed by atoms with Crippen molar-refractivity contribution in [3.8, 4) is 0 Å². The number of hydrogen-bond acceptors (Lipinski definition) is 3. The van der Waals surface area contributed by atoms with Gasteiger partial charge in [-0.3, -0.25) is 4.21 Å². The number of rotatable bonds is 2. The Morgan fingerprint density at radius 2 is 2.00 bits per heavy atom. The molecule has 0 bridgehead atoms. The van der Waals surface area contributed by atoms with Gasteiger partial charge in [0, 0.05) is 11.9 Å². The number of nitrogen functional groups attached to an aromatic ring is 1. The third-order valence-electron chi connectivity index (χ3n) is 1.22. The second-order valence-corrected chi connectivity index (χ2v) is 2.76. The summed E-state index contributed by atoms with van der Waals surface area (Å²) < 4.78 is 23.2. The third kappa shape index (κ3) is 2.81. The number of benzene rings is 1. The minimum atomic E-state index is -2.38. The summed E-state index contributed by atoms with van der Waals surface area (Å²) in [6.45, 7) is 0. The molecule has 1 aromatic carbocycles. The molecule has 1 unspecified atom stereocenters. The smallest absolute Gasteiger partial charge is 0.0676 e. The van der Waals surface area contributed by atoms with Crippen molar-refractivity contribution in [1.82, 2.24) is 0 Å². The SMILES string of the molecule is Nc1ccc(C=NS(=O)[O-])cc1. The van der Waals surface area contributed by atoms with E-state index in [1.807, 2.05) is 0 Å². The van der Waals surface area contributed by atoms with Crippen LogP contribution in [0.2, 0.25) is 0 Å². The molecular weight excluding hydrogens is 176 g/mol. The summed E-state index contributed by atoms with van der Waals surface area (Å²) >= 11 is -2.38. The van der Waals surface area contributed by atoms with E-state index in [2.05, 4.69) is 4.40 Å². The van der Waals surface area contributed by atoms with Crippen LogP contribution in [-0.2, 0) is 11.3 Å². The highest BCUT2D eigenvalue weighted by molar-refractivity contribution is 7.77. The fourth-order valence-electron chi connectivity index (χ4n) is 0.686. The summed E-state index contributed by atoms with van der Waals surface area (Å²) in [7, 11) is 0. The Bertz CT molecular complexity index is 308. The molecule has 2 N–H and O–H groups in total. The second-order valence-electron chi connectivity index (χ2n) is 2.12. The Balaban J connectivity index is 2.77. The van der Waals surface area contributed by atoms with E-state index in [4.69, 9.17) is 5.73 Å². The maximum Gasteiger partial charge on any atom is 0.0676 e. The Hall–Kier alpha value is -1.20. The van der Waals surface area contributed by atoms with Crippen LogP contribution in [0.3, 0.4) is 0 Å². The number of nitrogens with two attached hydrogens (primary N) is 1. The van der Waals surface area contributed by atoms with E-state index in [1.165, 1.54) is 6.21 Å². The van der Waals surface area contributed by atoms with E-state index in [1.54, 1.807) is 24.3 Å². The Labute approximate surface area is 72.5 Å². The fraction of sp³-hybridized carbons (Fsp3) is 0. The molecule has 0 saturated carbocycles. The topological polar surface area (TPSA) is 78.5 Å². The van der Waals surface area contributed by atoms with Gasteiger partial charge in [0.15, 0.2) is 0 Å². The first-order valence-corrected chi connectivity index (χ1v) is 4.20. The molecule has 0 aliphatic carbocycles. The lowest BCUT2D eigenvalue weighted by atomic mass is 10.2. The Morgan fingerprint density at radius 3 is 2.50 bits per heavy atom. The highest BCUT2D eigenvalue weighted by atomic mass is 32.2. The zero-order chi connectivity index (χ0) is 8.97. The molecule has 0 aliphatic rings. The van der Waals surface area contributed by atoms with Crippen molar-refractivity contribution in [2.24, 2.45) is 4.40 Å². The molecule has 4 nitrogen and oxygen atoms in total. The molecule has 0 aliphatic heterocycles. The molecule has 5 heteroatoms. The van der Waals surface area contributed by atoms with Crippen molar-refractivity contribution >= 4 is 23.2 Å². The van der Waals surface area contributed by atoms with Crippen LogP contribution in [0.4, 0.5) is 5.69 Å². The maximum absolute atomic E-state index is 10.0. The Kier molecular flexibility index (Phi) is 2.95. The average Bonchev–Trinajstić information content (AvgIpc) is 2.03. The molecule has 0 saturated heterocycles. The third-order valence-corrected chi connectivity index (χ3v) is 1.50. The summed E-state index contributed by atoms with van der Waals surface area (Å²) in [5.41, 5.74) is 6.75. The minimum Gasteiger partial charge on any atom is -0.754 e. The molecule has 12 heavy (non-hydrogen) atoms. The van der Waals surface area contributed by atoms with Gasteiger partial charge in [0.1, 0.15) is 0 Å². The van der Waals surface area contributed by atoms with Crippen LogP contribution in [0.1, 0.15) is 5.56 Å². The van der Waals surface area contributed by atoms with Crippen molar-refractivity contribution in [1.29, 1.82) is 0 Å². The summed E-state index contributed by atoms with van der Waals surface area (Å²) in [5.74, 6) is 0. The van der Waals surface area contributed by atoms with Gasteiger partial charge in [0.05, 0.1) is 11.3 Å². The zero-order valence-corrected chi connectivity index (χ0v) is 6.95. The minimum absolute atomic E-state index is 0.635. The van der Waals surface area contributed by atoms with Gasteiger partial charge in [0.25, 0.3) is 0 Å². The molecule has 0 aromatic heterocycles. The van der Waals surface area contributed by atoms with Crippen molar-refractivity contribution in [3.05, 3.63) is 29.8 Å². The lowest BCUT2D eigenvalue weighted by molar-refractivity contribution is 0.539. The molecule has 1 rings (SSSR count). The second kappa shape index (κ2) is 3.99. The lowest BCUT2D eigenvalue weighted by Crippen LogP contribution is -1.87. The van der Waals surface area contributed by atoms with Crippen LogP contribution in [0.25, 0.3) is 0 Å². The highest BCUT2D eigenvalue weighted by Gasteiger charge is 1.86. The molecule has 1 aromatic rings. The molecular formula is C7H7N2O2S-. The van der Waals surface area contributed by atoms with Gasteiger partial charge in [-0.1, -0.05) is 12.1 Å². The van der Waals surface area contributed by atoms with Crippen molar-refractivity contribution in [2.45, 2.75) is 0 Å². The number of hydrogen-bond donors (Lipinski definition) is 1. The molecule has 64 valence electrons. The molecule has 0 spiro atoms. The van der Waals surface area contributed by atoms with Crippen LogP contribution in [0, 0.1) is 0 Å². The van der Waals surface area contributed by atoms with E-state index in [9.17, 15) is 8.76 Å². The van der Waals surface area contributed by atoms with E-state index in [0.717, 1.165) is 0 Å². The maximum atomic E-state index is 10.0. The van der Waals surface area contributed by atoms with Gasteiger partial charge < -0.3 is 10.3 Å². The number of nitrogens with zero attached hydrogens (tertiary/aromatic N) is 1. The van der Waals surface area contributed by atoms with Gasteiger partial charge in [-0.05, 0) is 17.7 Å². The van der Waals surface area contributed by atoms with Crippen LogP contribution in [0.5, 0.6) is 0 Å². The fourth-order valence-corrected chi connectivity index (χ4v) is 0.894. The summed E-state index contributed by atoms with van der Waals surface area (Å²) in [6, 6.07) is 6.72. The lowest BCUT2D eigenvalue weighted by Gasteiger charge is -1.95. The predicted molar refractivity (Wildman–Crippen MR) is 47.4 cm³/mol. The first-order chi connectivity index (χ1) is 5.68. The van der Waals surface area contributed by atoms with Gasteiger partial charge >= 0.3 is 0 Å².